The molecule has 3 atom stereocenters. The number of unbranched alkanes of at least 4 members (excludes halogenated alkanes) is 18. The number of carbonyl (C=O) groups is 3. The second kappa shape index (κ2) is 41.9. The van der Waals surface area contributed by atoms with Crippen molar-refractivity contribution in [2.75, 3.05) is 19.8 Å². The first-order chi connectivity index (χ1) is 28.6. The number of aliphatic carboxylic acids is 1. The molecule has 0 saturated heterocycles. The summed E-state index contributed by atoms with van der Waals surface area (Å²) < 4.78 is 32.7. The summed E-state index contributed by atoms with van der Waals surface area (Å²) in [7, 11) is -4.73. The van der Waals surface area contributed by atoms with Crippen LogP contribution in [0.25, 0.3) is 0 Å². The fourth-order valence-electron chi connectivity index (χ4n) is 5.87. The molecule has 0 aromatic heterocycles. The number of nitrogens with two attached hydrogens (primary N) is 1. The van der Waals surface area contributed by atoms with Crippen molar-refractivity contribution in [1.29, 1.82) is 0 Å². The Balaban J connectivity index is 4.43. The lowest BCUT2D eigenvalue weighted by molar-refractivity contribution is -0.161. The molecule has 0 amide bonds. The zero-order valence-corrected chi connectivity index (χ0v) is 37.7. The van der Waals surface area contributed by atoms with E-state index >= 15 is 0 Å². The van der Waals surface area contributed by atoms with Gasteiger partial charge < -0.3 is 25.2 Å². The molecule has 0 bridgehead atoms. The van der Waals surface area contributed by atoms with Crippen molar-refractivity contribution in [3.63, 3.8) is 0 Å². The van der Waals surface area contributed by atoms with Gasteiger partial charge in [0.1, 0.15) is 12.6 Å². The highest BCUT2D eigenvalue weighted by Gasteiger charge is 2.28. The van der Waals surface area contributed by atoms with E-state index in [2.05, 4.69) is 79.1 Å². The predicted molar refractivity (Wildman–Crippen MR) is 240 cm³/mol. The monoisotopic (exact) mass is 852 g/mol. The number of hydrogen-bond acceptors (Lipinski definition) is 9. The lowest BCUT2D eigenvalue weighted by atomic mass is 10.1. The van der Waals surface area contributed by atoms with Crippen LogP contribution in [0.2, 0.25) is 0 Å². The molecule has 0 fully saturated rings. The minimum Gasteiger partial charge on any atom is -0.480 e. The van der Waals surface area contributed by atoms with Crippen molar-refractivity contribution >= 4 is 25.7 Å². The number of phosphoric ester groups is 1. The Bertz CT molecular complexity index is 1230. The summed E-state index contributed by atoms with van der Waals surface area (Å²) >= 11 is 0. The van der Waals surface area contributed by atoms with Crippen molar-refractivity contribution in [2.45, 2.75) is 199 Å². The Hall–Kier alpha value is -2.82. The average Bonchev–Trinajstić information content (AvgIpc) is 3.21. The van der Waals surface area contributed by atoms with Crippen molar-refractivity contribution < 1.29 is 47.5 Å². The molecule has 3 unspecified atom stereocenters. The zero-order valence-electron chi connectivity index (χ0n) is 36.8. The third-order valence-electron chi connectivity index (χ3n) is 9.49. The highest BCUT2D eigenvalue weighted by atomic mass is 31.2. The van der Waals surface area contributed by atoms with Gasteiger partial charge in [-0.3, -0.25) is 23.4 Å². The van der Waals surface area contributed by atoms with Crippen molar-refractivity contribution in [3.8, 4) is 0 Å². The third kappa shape index (κ3) is 41.7. The number of carboxylic acid groups (broad SMARTS) is 1. The molecule has 11 nitrogen and oxygen atoms in total. The molecule has 4 N–H and O–H groups in total. The molecular formula is C47H82NO10P. The van der Waals surface area contributed by atoms with E-state index in [0.29, 0.717) is 12.8 Å². The summed E-state index contributed by atoms with van der Waals surface area (Å²) in [6, 6.07) is -1.53. The van der Waals surface area contributed by atoms with Crippen LogP contribution in [-0.4, -0.2) is 59.9 Å². The van der Waals surface area contributed by atoms with E-state index in [0.717, 1.165) is 77.0 Å². The molecule has 0 aliphatic carbocycles. The number of carbonyl (C=O) groups excluding carboxylic acids is 2. The largest absolute Gasteiger partial charge is 0.480 e. The van der Waals surface area contributed by atoms with Gasteiger partial charge in [-0.05, 0) is 83.5 Å². The number of ether oxygens (including phenoxy) is 2. The van der Waals surface area contributed by atoms with Crippen LogP contribution in [0.5, 0.6) is 0 Å². The molecule has 59 heavy (non-hydrogen) atoms. The minimum atomic E-state index is -4.73. The molecule has 0 spiro atoms. The predicted octanol–water partition coefficient (Wildman–Crippen LogP) is 12.3. The molecule has 12 heteroatoms. The standard InChI is InChI=1S/C47H82NO10P/c1-3-5-7-9-11-13-15-17-19-21-22-23-25-27-29-31-33-35-37-39-46(50)58-43(41-56-59(53,54)57-42-44(48)47(51)52)40-55-45(49)38-36-34-32-30-28-26-24-20-18-16-14-12-10-8-6-4-2/h11,13,17,19-20,22-24,27,29,43-44H,3-10,12,14-16,18,21,25-26,28,30-42,48H2,1-2H3,(H,51,52)(H,53,54)/b13-11+,19-17+,23-22+,24-20+,29-27+. The van der Waals surface area contributed by atoms with Gasteiger partial charge in [0.2, 0.25) is 0 Å². The summed E-state index contributed by atoms with van der Waals surface area (Å²) in [4.78, 5) is 46.0. The highest BCUT2D eigenvalue weighted by Crippen LogP contribution is 2.43. The first kappa shape index (κ1) is 56.2. The van der Waals surface area contributed by atoms with Gasteiger partial charge in [0.15, 0.2) is 6.10 Å². The highest BCUT2D eigenvalue weighted by molar-refractivity contribution is 7.47. The second-order valence-electron chi connectivity index (χ2n) is 15.2. The summed E-state index contributed by atoms with van der Waals surface area (Å²) in [6.45, 7) is 2.73. The van der Waals surface area contributed by atoms with Gasteiger partial charge in [0.25, 0.3) is 0 Å². The van der Waals surface area contributed by atoms with Gasteiger partial charge in [0, 0.05) is 12.8 Å². The van der Waals surface area contributed by atoms with Crippen LogP contribution in [0.4, 0.5) is 0 Å². The maximum atomic E-state index is 12.6. The van der Waals surface area contributed by atoms with Crippen LogP contribution >= 0.6 is 7.82 Å². The quantitative estimate of drug-likeness (QED) is 0.0231. The Morgan fingerprint density at radius 2 is 0.898 bits per heavy atom. The fourth-order valence-corrected chi connectivity index (χ4v) is 6.64. The van der Waals surface area contributed by atoms with E-state index in [9.17, 15) is 23.8 Å². The number of rotatable bonds is 42. The first-order valence-electron chi connectivity index (χ1n) is 22.8. The molecule has 0 heterocycles. The van der Waals surface area contributed by atoms with Gasteiger partial charge in [-0.25, -0.2) is 4.57 Å². The number of allylic oxidation sites excluding steroid dienone is 10. The van der Waals surface area contributed by atoms with E-state index in [1.54, 1.807) is 0 Å². The van der Waals surface area contributed by atoms with Gasteiger partial charge in [0.05, 0.1) is 13.2 Å². The topological polar surface area (TPSA) is 172 Å². The van der Waals surface area contributed by atoms with Gasteiger partial charge >= 0.3 is 25.7 Å². The smallest absolute Gasteiger partial charge is 0.472 e. The van der Waals surface area contributed by atoms with Crippen molar-refractivity contribution in [2.24, 2.45) is 5.73 Å². The average molecular weight is 852 g/mol. The Kier molecular flexibility index (Phi) is 39.9. The number of esters is 2. The number of phosphoric acid groups is 1. The summed E-state index contributed by atoms with van der Waals surface area (Å²) in [6.07, 6.45) is 48.5. The molecule has 0 aliphatic rings. The molecule has 0 aromatic rings. The lowest BCUT2D eigenvalue weighted by Crippen LogP contribution is -2.34. The Labute approximate surface area is 357 Å². The molecular weight excluding hydrogens is 769 g/mol. The van der Waals surface area contributed by atoms with E-state index in [4.69, 9.17) is 24.8 Å². The Morgan fingerprint density at radius 1 is 0.525 bits per heavy atom. The molecule has 0 aliphatic heterocycles. The summed E-state index contributed by atoms with van der Waals surface area (Å²) in [5, 5.41) is 8.90. The molecule has 0 saturated carbocycles. The fraction of sp³-hybridized carbons (Fsp3) is 0.723. The normalized spacial score (nSPS) is 14.2. The van der Waals surface area contributed by atoms with Crippen LogP contribution in [0, 0.1) is 0 Å². The molecule has 340 valence electrons. The van der Waals surface area contributed by atoms with Crippen molar-refractivity contribution in [1.82, 2.24) is 0 Å². The SMILES string of the molecule is CCCCC/C=C/C/C=C/C/C=C/C/C=C/CCCCCC(=O)OC(COC(=O)CCCCCCC/C=C/CCCCCCCCC)COP(=O)(O)OCC(N)C(=O)O. The minimum absolute atomic E-state index is 0.120. The van der Waals surface area contributed by atoms with Gasteiger partial charge in [-0.15, -0.1) is 0 Å². The summed E-state index contributed by atoms with van der Waals surface area (Å²) in [5.74, 6) is -2.43. The van der Waals surface area contributed by atoms with Gasteiger partial charge in [-0.1, -0.05) is 152 Å². The van der Waals surface area contributed by atoms with Crippen LogP contribution in [0.1, 0.15) is 187 Å². The van der Waals surface area contributed by atoms with Gasteiger partial charge in [-0.2, -0.15) is 0 Å². The first-order valence-corrected chi connectivity index (χ1v) is 24.3. The van der Waals surface area contributed by atoms with E-state index < -0.39 is 51.1 Å². The lowest BCUT2D eigenvalue weighted by Gasteiger charge is -2.20. The number of hydrogen-bond donors (Lipinski definition) is 3. The maximum Gasteiger partial charge on any atom is 0.472 e. The van der Waals surface area contributed by atoms with E-state index in [-0.39, 0.29) is 19.4 Å². The van der Waals surface area contributed by atoms with Crippen LogP contribution in [-0.2, 0) is 37.5 Å². The second-order valence-corrected chi connectivity index (χ2v) is 16.6. The molecule has 0 aromatic carbocycles. The van der Waals surface area contributed by atoms with E-state index in [1.165, 1.54) is 70.6 Å². The zero-order chi connectivity index (χ0) is 43.5. The van der Waals surface area contributed by atoms with Crippen LogP contribution < -0.4 is 5.73 Å². The van der Waals surface area contributed by atoms with Crippen molar-refractivity contribution in [3.05, 3.63) is 60.8 Å². The number of carboxylic acids is 1. The van der Waals surface area contributed by atoms with Crippen LogP contribution in [0.15, 0.2) is 60.8 Å². The van der Waals surface area contributed by atoms with E-state index in [1.807, 2.05) is 0 Å². The Morgan fingerprint density at radius 3 is 1.41 bits per heavy atom. The maximum absolute atomic E-state index is 12.6. The molecule has 0 rings (SSSR count). The third-order valence-corrected chi connectivity index (χ3v) is 10.4. The molecule has 0 radical (unpaired) electrons. The summed E-state index contributed by atoms with van der Waals surface area (Å²) in [5.41, 5.74) is 5.33. The van der Waals surface area contributed by atoms with Crippen LogP contribution in [0.3, 0.4) is 0 Å².